The fraction of sp³-hybridized carbons (Fsp3) is 0.478. The van der Waals surface area contributed by atoms with Gasteiger partial charge in [0.05, 0.1) is 5.39 Å². The Kier molecular flexibility index (Phi) is 4.97. The summed E-state index contributed by atoms with van der Waals surface area (Å²) in [6.07, 6.45) is 2.97. The summed E-state index contributed by atoms with van der Waals surface area (Å²) in [5, 5.41) is 1.19. The van der Waals surface area contributed by atoms with Gasteiger partial charge in [0.25, 0.3) is 0 Å². The lowest BCUT2D eigenvalue weighted by molar-refractivity contribution is 0.181. The number of nitrogens with zero attached hydrogens (tertiary/aromatic N) is 5. The van der Waals surface area contributed by atoms with E-state index in [2.05, 4.69) is 73.8 Å². The average molecular weight is 391 g/mol. The molecule has 0 bridgehead atoms. The van der Waals surface area contributed by atoms with Crippen LogP contribution in [-0.4, -0.2) is 70.1 Å². The van der Waals surface area contributed by atoms with Crippen LogP contribution in [0.1, 0.15) is 23.2 Å². The molecule has 1 N–H and O–H groups in total. The Bertz CT molecular complexity index is 974. The van der Waals surface area contributed by atoms with Gasteiger partial charge < -0.3 is 9.88 Å². The molecule has 2 aliphatic rings. The molecule has 4 heterocycles. The van der Waals surface area contributed by atoms with E-state index in [4.69, 9.17) is 0 Å². The van der Waals surface area contributed by atoms with Gasteiger partial charge in [-0.05, 0) is 31.4 Å². The number of likely N-dealkylation sites (tertiary alicyclic amines) is 1. The van der Waals surface area contributed by atoms with Crippen LogP contribution in [0.15, 0.2) is 36.7 Å². The van der Waals surface area contributed by atoms with Crippen LogP contribution < -0.4 is 4.90 Å². The number of aromatic amines is 1. The quantitative estimate of drug-likeness (QED) is 0.742. The van der Waals surface area contributed by atoms with Crippen molar-refractivity contribution in [3.8, 4) is 0 Å². The van der Waals surface area contributed by atoms with Crippen molar-refractivity contribution in [2.75, 3.05) is 44.2 Å². The summed E-state index contributed by atoms with van der Waals surface area (Å²) in [5.41, 5.74) is 4.83. The minimum absolute atomic E-state index is 0.683. The molecule has 0 amide bonds. The molecule has 2 saturated heterocycles. The molecule has 5 rings (SSSR count). The maximum atomic E-state index is 4.65. The molecular weight excluding hydrogens is 360 g/mol. The van der Waals surface area contributed by atoms with E-state index in [1.165, 1.54) is 41.7 Å². The molecule has 0 saturated carbocycles. The van der Waals surface area contributed by atoms with Crippen LogP contribution >= 0.6 is 0 Å². The number of rotatable bonds is 4. The molecular formula is C23H30N6. The van der Waals surface area contributed by atoms with Crippen LogP contribution in [0.25, 0.3) is 11.0 Å². The molecule has 2 fully saturated rings. The number of nitrogens with one attached hydrogen (secondary N) is 1. The maximum absolute atomic E-state index is 4.65. The van der Waals surface area contributed by atoms with Gasteiger partial charge in [-0.25, -0.2) is 9.97 Å². The summed E-state index contributed by atoms with van der Waals surface area (Å²) in [4.78, 5) is 20.2. The van der Waals surface area contributed by atoms with E-state index in [0.29, 0.717) is 6.04 Å². The molecule has 0 spiro atoms. The number of anilines is 1. The average Bonchev–Trinajstić information content (AvgIpc) is 3.33. The Balaban J connectivity index is 1.21. The zero-order valence-corrected chi connectivity index (χ0v) is 17.4. The van der Waals surface area contributed by atoms with Crippen molar-refractivity contribution in [1.29, 1.82) is 0 Å². The lowest BCUT2D eigenvalue weighted by Crippen LogP contribution is -2.51. The molecule has 2 aromatic heterocycles. The largest absolute Gasteiger partial charge is 0.353 e. The van der Waals surface area contributed by atoms with Crippen LogP contribution in [0.5, 0.6) is 0 Å². The van der Waals surface area contributed by atoms with Crippen molar-refractivity contribution in [3.63, 3.8) is 0 Å². The standard InChI is InChI=1S/C23H30N6/c1-17-18(2)26-22-21(17)23(25-16-24-22)29-12-10-28(11-13-29)20-8-9-27(15-20)14-19-6-4-3-5-7-19/h3-7,16,20H,8-15H2,1-2H3,(H,24,25,26). The van der Waals surface area contributed by atoms with Gasteiger partial charge >= 0.3 is 0 Å². The van der Waals surface area contributed by atoms with Gasteiger partial charge in [0.1, 0.15) is 17.8 Å². The van der Waals surface area contributed by atoms with E-state index in [1.807, 2.05) is 0 Å². The molecule has 6 heteroatoms. The molecule has 1 atom stereocenters. The van der Waals surface area contributed by atoms with Gasteiger partial charge in [-0.3, -0.25) is 9.80 Å². The normalized spacial score (nSPS) is 21.3. The van der Waals surface area contributed by atoms with Crippen molar-refractivity contribution >= 4 is 16.9 Å². The predicted molar refractivity (Wildman–Crippen MR) is 117 cm³/mol. The molecule has 0 radical (unpaired) electrons. The summed E-state index contributed by atoms with van der Waals surface area (Å²) in [6.45, 7) is 12.0. The summed E-state index contributed by atoms with van der Waals surface area (Å²) in [5.74, 6) is 1.09. The summed E-state index contributed by atoms with van der Waals surface area (Å²) in [6, 6.07) is 11.5. The van der Waals surface area contributed by atoms with E-state index in [-0.39, 0.29) is 0 Å². The van der Waals surface area contributed by atoms with E-state index in [1.54, 1.807) is 6.33 Å². The molecule has 0 aliphatic carbocycles. The first-order chi connectivity index (χ1) is 14.2. The molecule has 29 heavy (non-hydrogen) atoms. The number of aromatic nitrogens is 3. The highest BCUT2D eigenvalue weighted by atomic mass is 15.3. The summed E-state index contributed by atoms with van der Waals surface area (Å²) in [7, 11) is 0. The smallest absolute Gasteiger partial charge is 0.143 e. The third kappa shape index (κ3) is 3.63. The lowest BCUT2D eigenvalue weighted by Gasteiger charge is -2.38. The number of H-pyrrole nitrogens is 1. The van der Waals surface area contributed by atoms with Crippen molar-refractivity contribution in [1.82, 2.24) is 24.8 Å². The van der Waals surface area contributed by atoms with Gasteiger partial charge in [0, 0.05) is 57.5 Å². The zero-order valence-electron chi connectivity index (χ0n) is 17.4. The van der Waals surface area contributed by atoms with E-state index in [9.17, 15) is 0 Å². The van der Waals surface area contributed by atoms with Gasteiger partial charge in [-0.2, -0.15) is 0 Å². The van der Waals surface area contributed by atoms with Crippen LogP contribution in [0.3, 0.4) is 0 Å². The predicted octanol–water partition coefficient (Wildman–Crippen LogP) is 2.97. The molecule has 3 aromatic rings. The number of benzene rings is 1. The van der Waals surface area contributed by atoms with Gasteiger partial charge in [-0.15, -0.1) is 0 Å². The second kappa shape index (κ2) is 7.76. The topological polar surface area (TPSA) is 51.3 Å². The molecule has 152 valence electrons. The third-order valence-corrected chi connectivity index (χ3v) is 6.70. The number of piperazine rings is 1. The first kappa shape index (κ1) is 18.6. The van der Waals surface area contributed by atoms with Crippen LogP contribution in [0, 0.1) is 13.8 Å². The fourth-order valence-corrected chi connectivity index (χ4v) is 4.91. The Morgan fingerprint density at radius 2 is 1.79 bits per heavy atom. The maximum Gasteiger partial charge on any atom is 0.143 e. The van der Waals surface area contributed by atoms with Crippen molar-refractivity contribution in [2.45, 2.75) is 32.9 Å². The molecule has 2 aliphatic heterocycles. The number of hydrogen-bond donors (Lipinski definition) is 1. The van der Waals surface area contributed by atoms with Crippen molar-refractivity contribution < 1.29 is 0 Å². The summed E-state index contributed by atoms with van der Waals surface area (Å²) < 4.78 is 0. The Morgan fingerprint density at radius 1 is 1.00 bits per heavy atom. The number of hydrogen-bond acceptors (Lipinski definition) is 5. The molecule has 6 nitrogen and oxygen atoms in total. The van der Waals surface area contributed by atoms with Crippen molar-refractivity contribution in [2.24, 2.45) is 0 Å². The highest BCUT2D eigenvalue weighted by Gasteiger charge is 2.30. The van der Waals surface area contributed by atoms with Gasteiger partial charge in [0.2, 0.25) is 0 Å². The molecule has 1 unspecified atom stereocenters. The number of aryl methyl sites for hydroxylation is 2. The van der Waals surface area contributed by atoms with Crippen LogP contribution in [0.2, 0.25) is 0 Å². The first-order valence-electron chi connectivity index (χ1n) is 10.7. The lowest BCUT2D eigenvalue weighted by atomic mass is 10.1. The SMILES string of the molecule is Cc1[nH]c2ncnc(N3CCN(C4CCN(Cc5ccccc5)C4)CC3)c2c1C. The molecule has 1 aromatic carbocycles. The van der Waals surface area contributed by atoms with E-state index in [0.717, 1.165) is 44.2 Å². The van der Waals surface area contributed by atoms with E-state index < -0.39 is 0 Å². The van der Waals surface area contributed by atoms with E-state index >= 15 is 0 Å². The Hall–Kier alpha value is -2.44. The number of fused-ring (bicyclic) bond motifs is 1. The summed E-state index contributed by atoms with van der Waals surface area (Å²) >= 11 is 0. The third-order valence-electron chi connectivity index (χ3n) is 6.70. The van der Waals surface area contributed by atoms with Crippen LogP contribution in [-0.2, 0) is 6.54 Å². The van der Waals surface area contributed by atoms with Gasteiger partial charge in [0.15, 0.2) is 0 Å². The highest BCUT2D eigenvalue weighted by molar-refractivity contribution is 5.91. The highest BCUT2D eigenvalue weighted by Crippen LogP contribution is 2.29. The second-order valence-corrected chi connectivity index (χ2v) is 8.48. The monoisotopic (exact) mass is 390 g/mol. The first-order valence-corrected chi connectivity index (χ1v) is 10.7. The Labute approximate surface area is 172 Å². The fourth-order valence-electron chi connectivity index (χ4n) is 4.91. The van der Waals surface area contributed by atoms with Crippen molar-refractivity contribution in [3.05, 3.63) is 53.5 Å². The zero-order chi connectivity index (χ0) is 19.8. The minimum Gasteiger partial charge on any atom is -0.353 e. The van der Waals surface area contributed by atoms with Crippen LogP contribution in [0.4, 0.5) is 5.82 Å². The Morgan fingerprint density at radius 3 is 2.59 bits per heavy atom. The minimum atomic E-state index is 0.683. The second-order valence-electron chi connectivity index (χ2n) is 8.48. The van der Waals surface area contributed by atoms with Gasteiger partial charge in [-0.1, -0.05) is 30.3 Å².